The maximum Gasteiger partial charge on any atom is 0.244 e. The van der Waals surface area contributed by atoms with E-state index in [1.165, 1.54) is 27.0 Å². The molecule has 2 heterocycles. The van der Waals surface area contributed by atoms with Gasteiger partial charge in [-0.2, -0.15) is 4.31 Å². The Bertz CT molecular complexity index is 1110. The van der Waals surface area contributed by atoms with Gasteiger partial charge >= 0.3 is 0 Å². The first-order chi connectivity index (χ1) is 15.4. The summed E-state index contributed by atoms with van der Waals surface area (Å²) in [5.74, 6) is 0.662. The fourth-order valence-corrected chi connectivity index (χ4v) is 6.29. The van der Waals surface area contributed by atoms with Crippen LogP contribution in [0.4, 0.5) is 11.4 Å². The maximum atomic E-state index is 13.0. The highest BCUT2D eigenvalue weighted by molar-refractivity contribution is 7.99. The number of benzene rings is 2. The van der Waals surface area contributed by atoms with E-state index in [9.17, 15) is 18.0 Å². The predicted molar refractivity (Wildman–Crippen MR) is 124 cm³/mol. The summed E-state index contributed by atoms with van der Waals surface area (Å²) in [5.41, 5.74) is 1.04. The Morgan fingerprint density at radius 1 is 1.12 bits per heavy atom. The topological polar surface area (TPSA) is 96.0 Å². The molecule has 2 aromatic rings. The van der Waals surface area contributed by atoms with Crippen molar-refractivity contribution in [1.29, 1.82) is 0 Å². The quantitative estimate of drug-likeness (QED) is 0.690. The first-order valence-corrected chi connectivity index (χ1v) is 12.8. The van der Waals surface area contributed by atoms with Gasteiger partial charge in [-0.15, -0.1) is 11.8 Å². The van der Waals surface area contributed by atoms with Crippen LogP contribution < -0.4 is 15.0 Å². The molecule has 170 valence electrons. The number of nitrogens with zero attached hydrogens (tertiary/aromatic N) is 2. The minimum atomic E-state index is -3.63. The van der Waals surface area contributed by atoms with E-state index in [4.69, 9.17) is 4.74 Å². The molecule has 0 spiro atoms. The summed E-state index contributed by atoms with van der Waals surface area (Å²) in [6, 6.07) is 11.7. The molecule has 32 heavy (non-hydrogen) atoms. The Morgan fingerprint density at radius 3 is 2.53 bits per heavy atom. The van der Waals surface area contributed by atoms with Crippen LogP contribution in [-0.4, -0.2) is 57.0 Å². The number of carbonyl (C=O) groups is 2. The smallest absolute Gasteiger partial charge is 0.244 e. The van der Waals surface area contributed by atoms with E-state index in [0.717, 1.165) is 17.7 Å². The second-order valence-electron chi connectivity index (χ2n) is 7.60. The number of thioether (sulfide) groups is 1. The van der Waals surface area contributed by atoms with E-state index in [2.05, 4.69) is 5.32 Å². The molecule has 1 fully saturated rings. The minimum Gasteiger partial charge on any atom is -0.497 e. The number of ether oxygens (including phenoxy) is 1. The molecule has 0 aromatic heterocycles. The van der Waals surface area contributed by atoms with Crippen molar-refractivity contribution in [3.8, 4) is 5.75 Å². The van der Waals surface area contributed by atoms with Crippen molar-refractivity contribution >= 4 is 45.0 Å². The van der Waals surface area contributed by atoms with E-state index >= 15 is 0 Å². The highest BCUT2D eigenvalue weighted by Gasteiger charge is 2.30. The lowest BCUT2D eigenvalue weighted by Crippen LogP contribution is -2.38. The minimum absolute atomic E-state index is 0.147. The van der Waals surface area contributed by atoms with E-state index < -0.39 is 10.0 Å². The third kappa shape index (κ3) is 4.77. The number of anilines is 2. The van der Waals surface area contributed by atoms with E-state index in [0.29, 0.717) is 36.0 Å². The van der Waals surface area contributed by atoms with Crippen molar-refractivity contribution in [1.82, 2.24) is 4.31 Å². The number of rotatable bonds is 6. The monoisotopic (exact) mass is 475 g/mol. The molecule has 1 N–H and O–H groups in total. The molecule has 2 aromatic carbocycles. The van der Waals surface area contributed by atoms with Crippen LogP contribution in [-0.2, 0) is 19.6 Å². The van der Waals surface area contributed by atoms with Crippen molar-refractivity contribution in [2.75, 3.05) is 42.7 Å². The van der Waals surface area contributed by atoms with Crippen LogP contribution in [0.25, 0.3) is 0 Å². The Hall–Kier alpha value is -2.56. The van der Waals surface area contributed by atoms with Gasteiger partial charge in [-0.1, -0.05) is 0 Å². The normalized spacial score (nSPS) is 17.0. The lowest BCUT2D eigenvalue weighted by molar-refractivity contribution is -0.121. The zero-order valence-electron chi connectivity index (χ0n) is 17.7. The van der Waals surface area contributed by atoms with Gasteiger partial charge in [-0.3, -0.25) is 9.59 Å². The number of sulfonamides is 1. The number of carbonyl (C=O) groups excluding carboxylic acids is 2. The molecule has 2 amide bonds. The molecular formula is C22H25N3O5S2. The molecule has 1 saturated heterocycles. The van der Waals surface area contributed by atoms with Crippen LogP contribution in [0.1, 0.15) is 19.3 Å². The van der Waals surface area contributed by atoms with Crippen LogP contribution in [0.2, 0.25) is 0 Å². The highest BCUT2D eigenvalue weighted by Crippen LogP contribution is 2.37. The number of fused-ring (bicyclic) bond motifs is 1. The van der Waals surface area contributed by atoms with Gasteiger partial charge in [0, 0.05) is 35.8 Å². The van der Waals surface area contributed by atoms with Gasteiger partial charge < -0.3 is 15.0 Å². The van der Waals surface area contributed by atoms with Crippen molar-refractivity contribution in [3.63, 3.8) is 0 Å². The molecule has 0 saturated carbocycles. The van der Waals surface area contributed by atoms with Gasteiger partial charge in [0.2, 0.25) is 21.8 Å². The van der Waals surface area contributed by atoms with Gasteiger partial charge in [0.15, 0.2) is 0 Å². The van der Waals surface area contributed by atoms with E-state index in [1.54, 1.807) is 43.5 Å². The van der Waals surface area contributed by atoms with Crippen LogP contribution in [0.3, 0.4) is 0 Å². The molecule has 2 aliphatic rings. The molecule has 0 radical (unpaired) electrons. The summed E-state index contributed by atoms with van der Waals surface area (Å²) in [4.78, 5) is 27.9. The summed E-state index contributed by atoms with van der Waals surface area (Å²) in [5, 5.41) is 2.78. The molecule has 10 heteroatoms. The third-order valence-corrected chi connectivity index (χ3v) is 8.43. The molecule has 2 aliphatic heterocycles. The molecular weight excluding hydrogens is 450 g/mol. The van der Waals surface area contributed by atoms with Crippen molar-refractivity contribution < 1.29 is 22.7 Å². The summed E-state index contributed by atoms with van der Waals surface area (Å²) in [6.07, 6.45) is 1.95. The van der Waals surface area contributed by atoms with Crippen LogP contribution >= 0.6 is 11.8 Å². The second-order valence-corrected chi connectivity index (χ2v) is 10.7. The molecule has 0 unspecified atom stereocenters. The Morgan fingerprint density at radius 2 is 1.84 bits per heavy atom. The maximum absolute atomic E-state index is 13.0. The molecule has 0 bridgehead atoms. The molecule has 8 nitrogen and oxygen atoms in total. The Kier molecular flexibility index (Phi) is 6.73. The fraction of sp³-hybridized carbons (Fsp3) is 0.364. The van der Waals surface area contributed by atoms with E-state index in [1.807, 2.05) is 0 Å². The van der Waals surface area contributed by atoms with Crippen LogP contribution in [0, 0.1) is 0 Å². The number of hydrogen-bond acceptors (Lipinski definition) is 6. The van der Waals surface area contributed by atoms with Gasteiger partial charge in [-0.05, 0) is 55.3 Å². The number of nitrogens with one attached hydrogen (secondary N) is 1. The van der Waals surface area contributed by atoms with Crippen molar-refractivity contribution in [3.05, 3.63) is 42.5 Å². The number of amides is 2. The van der Waals surface area contributed by atoms with Gasteiger partial charge in [0.05, 0.1) is 17.7 Å². The first-order valence-electron chi connectivity index (χ1n) is 10.4. The standard InChI is InChI=1S/C22H25N3O5S2/c1-30-17-6-4-16(5-7-17)23-21(26)15-25-19-14-18(32(28,29)24-11-2-3-12-24)8-9-20(19)31-13-10-22(25)27/h4-9,14H,2-3,10-13,15H2,1H3,(H,23,26). The molecule has 0 atom stereocenters. The summed E-state index contributed by atoms with van der Waals surface area (Å²) in [7, 11) is -2.07. The highest BCUT2D eigenvalue weighted by atomic mass is 32.2. The average Bonchev–Trinajstić information content (AvgIpc) is 3.29. The predicted octanol–water partition coefficient (Wildman–Crippen LogP) is 2.95. The summed E-state index contributed by atoms with van der Waals surface area (Å²) >= 11 is 1.49. The Balaban J connectivity index is 1.59. The van der Waals surface area contributed by atoms with Gasteiger partial charge in [0.25, 0.3) is 0 Å². The molecule has 4 rings (SSSR count). The lowest BCUT2D eigenvalue weighted by atomic mass is 10.2. The van der Waals surface area contributed by atoms with E-state index in [-0.39, 0.29) is 29.7 Å². The Labute approximate surface area is 192 Å². The largest absolute Gasteiger partial charge is 0.497 e. The van der Waals surface area contributed by atoms with Crippen molar-refractivity contribution in [2.24, 2.45) is 0 Å². The zero-order valence-corrected chi connectivity index (χ0v) is 19.4. The summed E-state index contributed by atoms with van der Waals surface area (Å²) < 4.78 is 32.7. The number of hydrogen-bond donors (Lipinski definition) is 1. The summed E-state index contributed by atoms with van der Waals surface area (Å²) in [6.45, 7) is 0.799. The van der Waals surface area contributed by atoms with Crippen LogP contribution in [0.15, 0.2) is 52.3 Å². The zero-order chi connectivity index (χ0) is 22.7. The lowest BCUT2D eigenvalue weighted by Gasteiger charge is -2.24. The second kappa shape index (κ2) is 9.51. The van der Waals surface area contributed by atoms with Crippen molar-refractivity contribution in [2.45, 2.75) is 29.1 Å². The van der Waals surface area contributed by atoms with Gasteiger partial charge in [0.1, 0.15) is 12.3 Å². The third-order valence-electron chi connectivity index (χ3n) is 5.47. The SMILES string of the molecule is COc1ccc(NC(=O)CN2C(=O)CCSc3ccc(S(=O)(=O)N4CCCC4)cc32)cc1. The van der Waals surface area contributed by atoms with Gasteiger partial charge in [-0.25, -0.2) is 8.42 Å². The fourth-order valence-electron chi connectivity index (χ4n) is 3.78. The first kappa shape index (κ1) is 22.6. The average molecular weight is 476 g/mol. The molecule has 0 aliphatic carbocycles. The van der Waals surface area contributed by atoms with Crippen LogP contribution in [0.5, 0.6) is 5.75 Å². The number of methoxy groups -OCH3 is 1.